The lowest BCUT2D eigenvalue weighted by molar-refractivity contribution is -0.122. The zero-order valence-corrected chi connectivity index (χ0v) is 15.4. The Morgan fingerprint density at radius 1 is 1.15 bits per heavy atom. The summed E-state index contributed by atoms with van der Waals surface area (Å²) >= 11 is 5.98. The number of amides is 1. The van der Waals surface area contributed by atoms with Gasteiger partial charge >= 0.3 is 0 Å². The first-order chi connectivity index (χ1) is 13.0. The van der Waals surface area contributed by atoms with E-state index in [1.807, 2.05) is 58.6 Å². The molecule has 0 fully saturated rings. The highest BCUT2D eigenvalue weighted by Gasteiger charge is 2.15. The molecule has 0 atom stereocenters. The third-order valence-corrected chi connectivity index (χ3v) is 4.65. The molecular weight excluding hydrogens is 364 g/mol. The van der Waals surface area contributed by atoms with Crippen LogP contribution in [0.3, 0.4) is 0 Å². The van der Waals surface area contributed by atoms with Crippen molar-refractivity contribution < 1.29 is 4.79 Å². The number of fused-ring (bicyclic) bond motifs is 3. The molecule has 1 amide bonds. The van der Waals surface area contributed by atoms with Crippen LogP contribution in [0.2, 0.25) is 5.02 Å². The monoisotopic (exact) mass is 380 g/mol. The number of hydrogen-bond donors (Lipinski definition) is 1. The van der Waals surface area contributed by atoms with Crippen molar-refractivity contribution in [1.82, 2.24) is 19.5 Å². The molecule has 27 heavy (non-hydrogen) atoms. The first kappa shape index (κ1) is 17.3. The van der Waals surface area contributed by atoms with Gasteiger partial charge in [-0.25, -0.2) is 4.52 Å². The topological polar surface area (TPSA) is 68.4 Å². The van der Waals surface area contributed by atoms with Gasteiger partial charge in [0.05, 0.1) is 5.52 Å². The van der Waals surface area contributed by atoms with Gasteiger partial charge in [0.2, 0.25) is 5.91 Å². The lowest BCUT2D eigenvalue weighted by atomic mass is 10.2. The Hall–Kier alpha value is -3.12. The zero-order chi connectivity index (χ0) is 19.0. The molecule has 0 saturated heterocycles. The van der Waals surface area contributed by atoms with Crippen LogP contribution in [-0.4, -0.2) is 20.1 Å². The third-order valence-electron chi connectivity index (χ3n) is 4.42. The van der Waals surface area contributed by atoms with Gasteiger partial charge in [-0.05, 0) is 36.8 Å². The largest absolute Gasteiger partial charge is 0.350 e. The molecule has 7 heteroatoms. The van der Waals surface area contributed by atoms with Crippen molar-refractivity contribution in [2.45, 2.75) is 20.0 Å². The molecule has 1 N–H and O–H groups in total. The molecule has 136 valence electrons. The van der Waals surface area contributed by atoms with Crippen LogP contribution in [-0.2, 0) is 17.9 Å². The Balaban J connectivity index is 1.68. The number of aromatic nitrogens is 3. The summed E-state index contributed by atoms with van der Waals surface area (Å²) in [4.78, 5) is 28.6. The summed E-state index contributed by atoms with van der Waals surface area (Å²) in [6.45, 7) is 2.33. The maximum absolute atomic E-state index is 12.6. The molecule has 0 aliphatic heterocycles. The number of nitrogens with zero attached hydrogens (tertiary/aromatic N) is 3. The molecule has 4 rings (SSSR count). The SMILES string of the molecule is Cc1cc(=O)nc2c3ccccc3n(CC(=O)NCc3cccc(Cl)c3)n12. The van der Waals surface area contributed by atoms with E-state index in [-0.39, 0.29) is 18.0 Å². The number of para-hydroxylation sites is 1. The van der Waals surface area contributed by atoms with E-state index in [9.17, 15) is 9.59 Å². The Labute approximate surface area is 160 Å². The van der Waals surface area contributed by atoms with Crippen LogP contribution in [0, 0.1) is 6.92 Å². The van der Waals surface area contributed by atoms with Crippen molar-refractivity contribution in [3.63, 3.8) is 0 Å². The third kappa shape index (κ3) is 3.31. The molecule has 2 heterocycles. The summed E-state index contributed by atoms with van der Waals surface area (Å²) < 4.78 is 3.64. The molecule has 4 aromatic rings. The van der Waals surface area contributed by atoms with Crippen LogP contribution in [0.5, 0.6) is 0 Å². The number of aryl methyl sites for hydroxylation is 1. The van der Waals surface area contributed by atoms with Crippen LogP contribution in [0.15, 0.2) is 59.4 Å². The molecule has 0 unspecified atom stereocenters. The van der Waals surface area contributed by atoms with Gasteiger partial charge in [-0.15, -0.1) is 0 Å². The quantitative estimate of drug-likeness (QED) is 0.592. The minimum Gasteiger partial charge on any atom is -0.350 e. The molecule has 2 aromatic carbocycles. The van der Waals surface area contributed by atoms with Crippen molar-refractivity contribution in [3.05, 3.63) is 81.2 Å². The highest BCUT2D eigenvalue weighted by Crippen LogP contribution is 2.21. The van der Waals surface area contributed by atoms with Gasteiger partial charge in [0.1, 0.15) is 6.54 Å². The second kappa shape index (κ2) is 6.89. The standard InChI is InChI=1S/C20H17ClN4O2/c1-13-9-18(26)23-20-16-7-2-3-8-17(16)24(25(13)20)12-19(27)22-11-14-5-4-6-15(21)10-14/h2-10H,11-12H2,1H3,(H,22,27). The van der Waals surface area contributed by atoms with E-state index in [1.54, 1.807) is 6.07 Å². The first-order valence-electron chi connectivity index (χ1n) is 8.52. The molecule has 0 aliphatic rings. The minimum atomic E-state index is -0.291. The molecule has 6 nitrogen and oxygen atoms in total. The lowest BCUT2D eigenvalue weighted by Gasteiger charge is -2.11. The smallest absolute Gasteiger partial charge is 0.273 e. The van der Waals surface area contributed by atoms with Crippen molar-refractivity contribution in [2.24, 2.45) is 0 Å². The zero-order valence-electron chi connectivity index (χ0n) is 14.6. The molecule has 0 aliphatic carbocycles. The number of hydrogen-bond acceptors (Lipinski definition) is 3. The maximum atomic E-state index is 12.6. The molecule has 0 radical (unpaired) electrons. The average molecular weight is 381 g/mol. The van der Waals surface area contributed by atoms with E-state index in [0.717, 1.165) is 22.2 Å². The lowest BCUT2D eigenvalue weighted by Crippen LogP contribution is -2.29. The van der Waals surface area contributed by atoms with Gasteiger partial charge in [0, 0.05) is 28.7 Å². The Morgan fingerprint density at radius 3 is 2.78 bits per heavy atom. The van der Waals surface area contributed by atoms with Gasteiger partial charge in [0.15, 0.2) is 5.65 Å². The van der Waals surface area contributed by atoms with Crippen molar-refractivity contribution in [1.29, 1.82) is 0 Å². The van der Waals surface area contributed by atoms with Gasteiger partial charge in [-0.3, -0.25) is 14.3 Å². The fourth-order valence-corrected chi connectivity index (χ4v) is 3.47. The van der Waals surface area contributed by atoms with Crippen LogP contribution < -0.4 is 10.9 Å². The van der Waals surface area contributed by atoms with Crippen LogP contribution in [0.4, 0.5) is 0 Å². The van der Waals surface area contributed by atoms with E-state index >= 15 is 0 Å². The Kier molecular flexibility index (Phi) is 4.41. The van der Waals surface area contributed by atoms with Crippen molar-refractivity contribution in [2.75, 3.05) is 0 Å². The van der Waals surface area contributed by atoms with Gasteiger partial charge < -0.3 is 5.32 Å². The highest BCUT2D eigenvalue weighted by molar-refractivity contribution is 6.30. The van der Waals surface area contributed by atoms with E-state index in [2.05, 4.69) is 10.3 Å². The molecule has 0 bridgehead atoms. The summed E-state index contributed by atoms with van der Waals surface area (Å²) in [5.41, 5.74) is 2.76. The summed E-state index contributed by atoms with van der Waals surface area (Å²) in [7, 11) is 0. The molecule has 0 spiro atoms. The number of carbonyl (C=O) groups is 1. The van der Waals surface area contributed by atoms with Gasteiger partial charge in [0.25, 0.3) is 5.56 Å². The van der Waals surface area contributed by atoms with E-state index in [4.69, 9.17) is 11.6 Å². The summed E-state index contributed by atoms with van der Waals surface area (Å²) in [5, 5.41) is 4.38. The second-order valence-electron chi connectivity index (χ2n) is 6.35. The minimum absolute atomic E-state index is 0.107. The van der Waals surface area contributed by atoms with Crippen LogP contribution in [0.25, 0.3) is 16.6 Å². The fourth-order valence-electron chi connectivity index (χ4n) is 3.26. The summed E-state index contributed by atoms with van der Waals surface area (Å²) in [6.07, 6.45) is 0. The number of nitrogens with one attached hydrogen (secondary N) is 1. The van der Waals surface area contributed by atoms with E-state index in [0.29, 0.717) is 17.2 Å². The first-order valence-corrected chi connectivity index (χ1v) is 8.90. The summed E-state index contributed by atoms with van der Waals surface area (Å²) in [6, 6.07) is 16.4. The second-order valence-corrected chi connectivity index (χ2v) is 6.79. The molecule has 0 saturated carbocycles. The Bertz CT molecular complexity index is 1230. The maximum Gasteiger partial charge on any atom is 0.273 e. The molecule has 2 aromatic heterocycles. The van der Waals surface area contributed by atoms with Crippen LogP contribution in [0.1, 0.15) is 11.3 Å². The predicted octanol–water partition coefficient (Wildman–Crippen LogP) is 2.93. The van der Waals surface area contributed by atoms with Gasteiger partial charge in [-0.2, -0.15) is 4.98 Å². The number of halogens is 1. The molecular formula is C20H17ClN4O2. The number of carbonyl (C=O) groups excluding carboxylic acids is 1. The summed E-state index contributed by atoms with van der Waals surface area (Å²) in [5.74, 6) is -0.143. The van der Waals surface area contributed by atoms with E-state index < -0.39 is 0 Å². The normalized spacial score (nSPS) is 11.2. The predicted molar refractivity (Wildman–Crippen MR) is 105 cm³/mol. The van der Waals surface area contributed by atoms with Crippen molar-refractivity contribution in [3.8, 4) is 0 Å². The van der Waals surface area contributed by atoms with Crippen LogP contribution >= 0.6 is 11.6 Å². The number of benzene rings is 2. The van der Waals surface area contributed by atoms with Gasteiger partial charge in [-0.1, -0.05) is 35.9 Å². The van der Waals surface area contributed by atoms with Crippen molar-refractivity contribution >= 4 is 34.1 Å². The fraction of sp³-hybridized carbons (Fsp3) is 0.150. The average Bonchev–Trinajstić information content (AvgIpc) is 2.94. The number of rotatable bonds is 4. The highest BCUT2D eigenvalue weighted by atomic mass is 35.5. The Morgan fingerprint density at radius 2 is 1.96 bits per heavy atom. The van der Waals surface area contributed by atoms with E-state index in [1.165, 1.54) is 6.07 Å².